The largest absolute Gasteiger partial charge is 0.467 e. The zero-order valence-corrected chi connectivity index (χ0v) is 18.7. The van der Waals surface area contributed by atoms with Gasteiger partial charge in [0.05, 0.1) is 18.9 Å². The van der Waals surface area contributed by atoms with Crippen LogP contribution >= 0.6 is 0 Å². The predicted molar refractivity (Wildman–Crippen MR) is 123 cm³/mol. The van der Waals surface area contributed by atoms with E-state index in [0.717, 1.165) is 30.2 Å². The zero-order valence-electron chi connectivity index (χ0n) is 18.7. The third-order valence-corrected chi connectivity index (χ3v) is 5.91. The van der Waals surface area contributed by atoms with E-state index in [9.17, 15) is 9.59 Å². The lowest BCUT2D eigenvalue weighted by Crippen LogP contribution is -2.47. The van der Waals surface area contributed by atoms with Crippen LogP contribution in [0.2, 0.25) is 0 Å². The average molecular weight is 435 g/mol. The van der Waals surface area contributed by atoms with Gasteiger partial charge in [0, 0.05) is 24.8 Å². The van der Waals surface area contributed by atoms with Crippen LogP contribution in [0, 0.1) is 0 Å². The number of carbonyl (C=O) groups is 2. The Hall–Kier alpha value is -3.12. The first-order valence-electron chi connectivity index (χ1n) is 11.2. The zero-order chi connectivity index (χ0) is 22.5. The van der Waals surface area contributed by atoms with Crippen molar-refractivity contribution in [3.8, 4) is 0 Å². The van der Waals surface area contributed by atoms with Gasteiger partial charge in [-0.2, -0.15) is 0 Å². The van der Waals surface area contributed by atoms with Crippen LogP contribution in [-0.4, -0.2) is 53.5 Å². The van der Waals surface area contributed by atoms with Gasteiger partial charge >= 0.3 is 0 Å². The summed E-state index contributed by atoms with van der Waals surface area (Å²) in [5, 5.41) is 2.09. The van der Waals surface area contributed by atoms with Gasteiger partial charge in [0.15, 0.2) is 0 Å². The summed E-state index contributed by atoms with van der Waals surface area (Å²) in [5.74, 6) is 0.460. The molecule has 32 heavy (non-hydrogen) atoms. The minimum absolute atomic E-state index is 0.0107. The number of fused-ring (bicyclic) bond motifs is 1. The molecule has 168 valence electrons. The van der Waals surface area contributed by atoms with Gasteiger partial charge in [0.2, 0.25) is 5.91 Å². The fourth-order valence-corrected chi connectivity index (χ4v) is 4.10. The van der Waals surface area contributed by atoms with Crippen LogP contribution in [0.1, 0.15) is 42.8 Å². The Labute approximate surface area is 188 Å². The Morgan fingerprint density at radius 2 is 1.88 bits per heavy atom. The normalized spacial score (nSPS) is 15.9. The molecule has 1 saturated heterocycles. The van der Waals surface area contributed by atoms with Gasteiger partial charge in [-0.05, 0) is 61.7 Å². The Kier molecular flexibility index (Phi) is 6.90. The molecule has 1 aliphatic heterocycles. The smallest absolute Gasteiger partial charge is 0.254 e. The van der Waals surface area contributed by atoms with Gasteiger partial charge in [-0.25, -0.2) is 0 Å². The number of hydrogen-bond acceptors (Lipinski definition) is 4. The Bertz CT molecular complexity index is 1050. The molecule has 1 unspecified atom stereocenters. The number of rotatable bonds is 8. The van der Waals surface area contributed by atoms with Gasteiger partial charge in [-0.3, -0.25) is 9.59 Å². The first-order valence-corrected chi connectivity index (χ1v) is 11.2. The van der Waals surface area contributed by atoms with Crippen LogP contribution in [0.3, 0.4) is 0 Å². The molecule has 0 N–H and O–H groups in total. The van der Waals surface area contributed by atoms with Gasteiger partial charge in [-0.15, -0.1) is 0 Å². The lowest BCUT2D eigenvalue weighted by Gasteiger charge is -2.31. The van der Waals surface area contributed by atoms with Gasteiger partial charge in [-0.1, -0.05) is 30.3 Å². The molecule has 0 bridgehead atoms. The van der Waals surface area contributed by atoms with E-state index in [2.05, 4.69) is 0 Å². The molecular formula is C26H30N2O4. The van der Waals surface area contributed by atoms with Gasteiger partial charge in [0.1, 0.15) is 12.3 Å². The second-order valence-corrected chi connectivity index (χ2v) is 8.58. The molecule has 6 nitrogen and oxygen atoms in total. The topological polar surface area (TPSA) is 63.0 Å². The third-order valence-electron chi connectivity index (χ3n) is 5.91. The average Bonchev–Trinajstić information content (AvgIpc) is 3.50. The molecule has 0 aliphatic carbocycles. The van der Waals surface area contributed by atoms with E-state index in [4.69, 9.17) is 9.15 Å². The molecule has 4 rings (SSSR count). The van der Waals surface area contributed by atoms with Crippen molar-refractivity contribution >= 4 is 22.6 Å². The minimum atomic E-state index is -0.144. The molecule has 2 amide bonds. The summed E-state index contributed by atoms with van der Waals surface area (Å²) in [6.45, 7) is 5.46. The molecule has 0 saturated carbocycles. The van der Waals surface area contributed by atoms with Crippen molar-refractivity contribution in [2.45, 2.75) is 45.4 Å². The van der Waals surface area contributed by atoms with E-state index in [1.54, 1.807) is 16.1 Å². The van der Waals surface area contributed by atoms with E-state index in [-0.39, 0.29) is 30.5 Å². The number of benzene rings is 2. The van der Waals surface area contributed by atoms with E-state index in [1.165, 1.54) is 0 Å². The SMILES string of the molecule is CC(C)N(CC(=O)N(Cc1ccco1)CC1CCCO1)C(=O)c1ccc2ccccc2c1. The van der Waals surface area contributed by atoms with Crippen LogP contribution in [-0.2, 0) is 16.1 Å². The summed E-state index contributed by atoms with van der Waals surface area (Å²) >= 11 is 0. The molecular weight excluding hydrogens is 404 g/mol. The molecule has 1 aromatic heterocycles. The summed E-state index contributed by atoms with van der Waals surface area (Å²) < 4.78 is 11.2. The third kappa shape index (κ3) is 5.19. The Morgan fingerprint density at radius 3 is 2.56 bits per heavy atom. The molecule has 2 heterocycles. The fraction of sp³-hybridized carbons (Fsp3) is 0.385. The minimum Gasteiger partial charge on any atom is -0.467 e. The van der Waals surface area contributed by atoms with Crippen molar-refractivity contribution < 1.29 is 18.7 Å². The highest BCUT2D eigenvalue weighted by Gasteiger charge is 2.28. The first kappa shape index (κ1) is 22.1. The van der Waals surface area contributed by atoms with Crippen molar-refractivity contribution in [2.75, 3.05) is 19.7 Å². The lowest BCUT2D eigenvalue weighted by molar-refractivity contribution is -0.134. The number of amides is 2. The number of furan rings is 1. The van der Waals surface area contributed by atoms with Crippen molar-refractivity contribution in [1.29, 1.82) is 0 Å². The number of ether oxygens (including phenoxy) is 1. The van der Waals surface area contributed by atoms with Crippen LogP contribution in [0.4, 0.5) is 0 Å². The molecule has 6 heteroatoms. The fourth-order valence-electron chi connectivity index (χ4n) is 4.10. The maximum absolute atomic E-state index is 13.4. The molecule has 3 aromatic rings. The second-order valence-electron chi connectivity index (χ2n) is 8.58. The van der Waals surface area contributed by atoms with Crippen LogP contribution in [0.25, 0.3) is 10.8 Å². The van der Waals surface area contributed by atoms with E-state index in [1.807, 2.05) is 68.4 Å². The van der Waals surface area contributed by atoms with E-state index >= 15 is 0 Å². The maximum Gasteiger partial charge on any atom is 0.254 e. The highest BCUT2D eigenvalue weighted by Crippen LogP contribution is 2.19. The molecule has 2 aromatic carbocycles. The highest BCUT2D eigenvalue weighted by atomic mass is 16.5. The van der Waals surface area contributed by atoms with E-state index in [0.29, 0.717) is 24.4 Å². The summed E-state index contributed by atoms with van der Waals surface area (Å²) in [7, 11) is 0. The molecule has 0 radical (unpaired) electrons. The van der Waals surface area contributed by atoms with Crippen molar-refractivity contribution in [3.05, 3.63) is 72.2 Å². The van der Waals surface area contributed by atoms with Crippen LogP contribution < -0.4 is 0 Å². The number of carbonyl (C=O) groups excluding carboxylic acids is 2. The summed E-state index contributed by atoms with van der Waals surface area (Å²) in [6.07, 6.45) is 3.57. The Morgan fingerprint density at radius 1 is 1.06 bits per heavy atom. The molecule has 1 atom stereocenters. The molecule has 1 aliphatic rings. The van der Waals surface area contributed by atoms with Gasteiger partial charge < -0.3 is 19.0 Å². The monoisotopic (exact) mass is 434 g/mol. The summed E-state index contributed by atoms with van der Waals surface area (Å²) in [6, 6.07) is 17.2. The summed E-state index contributed by atoms with van der Waals surface area (Å²) in [5.41, 5.74) is 0.585. The highest BCUT2D eigenvalue weighted by molar-refractivity contribution is 6.00. The number of nitrogens with zero attached hydrogens (tertiary/aromatic N) is 2. The second kappa shape index (κ2) is 10.0. The van der Waals surface area contributed by atoms with Crippen LogP contribution in [0.15, 0.2) is 65.3 Å². The number of hydrogen-bond donors (Lipinski definition) is 0. The van der Waals surface area contributed by atoms with Crippen molar-refractivity contribution in [2.24, 2.45) is 0 Å². The summed E-state index contributed by atoms with van der Waals surface area (Å²) in [4.78, 5) is 30.1. The predicted octanol–water partition coefficient (Wildman–Crippen LogP) is 4.49. The van der Waals surface area contributed by atoms with Gasteiger partial charge in [0.25, 0.3) is 5.91 Å². The Balaban J connectivity index is 1.52. The molecule has 0 spiro atoms. The van der Waals surface area contributed by atoms with Crippen molar-refractivity contribution in [1.82, 2.24) is 9.80 Å². The molecule has 1 fully saturated rings. The standard InChI is InChI=1S/C26H30N2O4/c1-19(2)28(26(30)22-12-11-20-7-3-4-8-21(20)15-22)18-25(29)27(16-23-9-5-13-31-23)17-24-10-6-14-32-24/h3-5,7-9,11-13,15,19,24H,6,10,14,16-18H2,1-2H3. The first-order chi connectivity index (χ1) is 15.5. The quantitative estimate of drug-likeness (QED) is 0.524. The van der Waals surface area contributed by atoms with Crippen molar-refractivity contribution in [3.63, 3.8) is 0 Å². The maximum atomic E-state index is 13.4. The van der Waals surface area contributed by atoms with E-state index < -0.39 is 0 Å². The lowest BCUT2D eigenvalue weighted by atomic mass is 10.1. The van der Waals surface area contributed by atoms with Crippen LogP contribution in [0.5, 0.6) is 0 Å².